The number of hydrogen-bond acceptors (Lipinski definition) is 7. The number of para-hydroxylation sites is 2. The molecular formula is C26H29N3O5S. The number of hydrogen-bond donors (Lipinski definition) is 2. The van der Waals surface area contributed by atoms with Gasteiger partial charge in [-0.05, 0) is 43.2 Å². The van der Waals surface area contributed by atoms with E-state index >= 15 is 0 Å². The van der Waals surface area contributed by atoms with E-state index in [2.05, 4.69) is 15.6 Å². The standard InChI is InChI=1S/C26H29N3O5S/c1-32-18-9-7-8-17(14-18)25(30)28-19-10-3-4-11-20(19)29-26(31)21-16-35-24(27-21)15-34-23-13-6-5-12-22(23)33-2/h5-9,12-14,16,19-20H,3-4,10-11,15H2,1-2H3,(H,28,30)(H,29,31)/t19-,20-/m0/s1. The summed E-state index contributed by atoms with van der Waals surface area (Å²) in [6.45, 7) is 0.237. The average Bonchev–Trinajstić information content (AvgIpc) is 3.38. The summed E-state index contributed by atoms with van der Waals surface area (Å²) in [5.41, 5.74) is 0.872. The van der Waals surface area contributed by atoms with Crippen LogP contribution in [0.1, 0.15) is 51.5 Å². The first-order valence-electron chi connectivity index (χ1n) is 11.5. The Balaban J connectivity index is 1.35. The Morgan fingerprint density at radius 1 is 0.943 bits per heavy atom. The second-order valence-corrected chi connectivity index (χ2v) is 9.18. The van der Waals surface area contributed by atoms with E-state index in [1.165, 1.54) is 11.3 Å². The summed E-state index contributed by atoms with van der Waals surface area (Å²) in [7, 11) is 3.16. The molecule has 2 N–H and O–H groups in total. The number of carbonyl (C=O) groups excluding carboxylic acids is 2. The Kier molecular flexibility index (Phi) is 8.20. The molecule has 2 atom stereocenters. The Morgan fingerprint density at radius 3 is 2.37 bits per heavy atom. The van der Waals surface area contributed by atoms with Crippen molar-refractivity contribution in [3.05, 3.63) is 70.2 Å². The van der Waals surface area contributed by atoms with Crippen LogP contribution in [0.3, 0.4) is 0 Å². The highest BCUT2D eigenvalue weighted by Gasteiger charge is 2.29. The fourth-order valence-electron chi connectivity index (χ4n) is 4.09. The number of carbonyl (C=O) groups is 2. The Hall–Kier alpha value is -3.59. The monoisotopic (exact) mass is 495 g/mol. The van der Waals surface area contributed by atoms with Gasteiger partial charge in [0.15, 0.2) is 11.5 Å². The minimum Gasteiger partial charge on any atom is -0.497 e. The molecule has 4 rings (SSSR count). The number of amides is 2. The quantitative estimate of drug-likeness (QED) is 0.461. The molecule has 0 radical (unpaired) electrons. The first kappa shape index (κ1) is 24.5. The molecule has 1 fully saturated rings. The molecule has 0 aliphatic heterocycles. The smallest absolute Gasteiger partial charge is 0.271 e. The highest BCUT2D eigenvalue weighted by atomic mass is 32.1. The van der Waals surface area contributed by atoms with Crippen molar-refractivity contribution in [3.63, 3.8) is 0 Å². The normalized spacial score (nSPS) is 17.3. The molecule has 184 valence electrons. The fourth-order valence-corrected chi connectivity index (χ4v) is 4.78. The summed E-state index contributed by atoms with van der Waals surface area (Å²) in [6, 6.07) is 14.1. The van der Waals surface area contributed by atoms with E-state index in [4.69, 9.17) is 14.2 Å². The molecule has 2 amide bonds. The lowest BCUT2D eigenvalue weighted by Gasteiger charge is -2.32. The molecule has 1 aliphatic rings. The van der Waals surface area contributed by atoms with Crippen molar-refractivity contribution < 1.29 is 23.8 Å². The second-order valence-electron chi connectivity index (χ2n) is 8.24. The maximum Gasteiger partial charge on any atom is 0.271 e. The number of benzene rings is 2. The van der Waals surface area contributed by atoms with Crippen LogP contribution >= 0.6 is 11.3 Å². The number of aromatic nitrogens is 1. The molecule has 8 nitrogen and oxygen atoms in total. The molecule has 1 aliphatic carbocycles. The Labute approximate surface area is 208 Å². The van der Waals surface area contributed by atoms with Crippen molar-refractivity contribution in [2.24, 2.45) is 0 Å². The molecule has 9 heteroatoms. The fraction of sp³-hybridized carbons (Fsp3) is 0.346. The predicted molar refractivity (Wildman–Crippen MR) is 133 cm³/mol. The summed E-state index contributed by atoms with van der Waals surface area (Å²) in [5.74, 6) is 1.45. The molecule has 0 unspecified atom stereocenters. The van der Waals surface area contributed by atoms with Gasteiger partial charge in [-0.3, -0.25) is 9.59 Å². The first-order chi connectivity index (χ1) is 17.1. The van der Waals surface area contributed by atoms with Crippen LogP contribution in [-0.4, -0.2) is 43.1 Å². The van der Waals surface area contributed by atoms with E-state index in [9.17, 15) is 9.59 Å². The Morgan fingerprint density at radius 2 is 1.66 bits per heavy atom. The third-order valence-corrected chi connectivity index (χ3v) is 6.76. The third-order valence-electron chi connectivity index (χ3n) is 5.94. The van der Waals surface area contributed by atoms with Crippen molar-refractivity contribution in [1.82, 2.24) is 15.6 Å². The van der Waals surface area contributed by atoms with Crippen molar-refractivity contribution in [3.8, 4) is 17.2 Å². The van der Waals surface area contributed by atoms with Crippen LogP contribution in [0.25, 0.3) is 0 Å². The van der Waals surface area contributed by atoms with Crippen molar-refractivity contribution >= 4 is 23.2 Å². The number of methoxy groups -OCH3 is 2. The van der Waals surface area contributed by atoms with Gasteiger partial charge in [0.1, 0.15) is 23.1 Å². The highest BCUT2D eigenvalue weighted by molar-refractivity contribution is 7.09. The zero-order chi connectivity index (χ0) is 24.6. The van der Waals surface area contributed by atoms with Crippen LogP contribution in [0.4, 0.5) is 0 Å². The number of ether oxygens (including phenoxy) is 3. The molecule has 1 saturated carbocycles. The van der Waals surface area contributed by atoms with Crippen molar-refractivity contribution in [2.45, 2.75) is 44.4 Å². The molecule has 35 heavy (non-hydrogen) atoms. The van der Waals surface area contributed by atoms with E-state index in [0.717, 1.165) is 25.7 Å². The van der Waals surface area contributed by atoms with Gasteiger partial charge in [0.2, 0.25) is 0 Å². The van der Waals surface area contributed by atoms with Gasteiger partial charge in [-0.2, -0.15) is 0 Å². The number of thiazole rings is 1. The lowest BCUT2D eigenvalue weighted by atomic mass is 9.90. The van der Waals surface area contributed by atoms with Crippen molar-refractivity contribution in [2.75, 3.05) is 14.2 Å². The number of nitrogens with one attached hydrogen (secondary N) is 2. The van der Waals surface area contributed by atoms with E-state index in [1.807, 2.05) is 24.3 Å². The average molecular weight is 496 g/mol. The summed E-state index contributed by atoms with van der Waals surface area (Å²) in [6.07, 6.45) is 3.58. The lowest BCUT2D eigenvalue weighted by molar-refractivity contribution is 0.0860. The summed E-state index contributed by atoms with van der Waals surface area (Å²) >= 11 is 1.37. The topological polar surface area (TPSA) is 98.8 Å². The molecule has 0 saturated heterocycles. The minimum atomic E-state index is -0.252. The van der Waals surface area contributed by atoms with Gasteiger partial charge in [-0.15, -0.1) is 11.3 Å². The molecule has 3 aromatic rings. The van der Waals surface area contributed by atoms with Gasteiger partial charge < -0.3 is 24.8 Å². The zero-order valence-corrected chi connectivity index (χ0v) is 20.6. The van der Waals surface area contributed by atoms with Crippen LogP contribution in [0.2, 0.25) is 0 Å². The maximum absolute atomic E-state index is 12.9. The van der Waals surface area contributed by atoms with Gasteiger partial charge in [-0.1, -0.05) is 31.0 Å². The molecule has 0 spiro atoms. The molecule has 1 aromatic heterocycles. The summed E-state index contributed by atoms with van der Waals surface area (Å²) < 4.78 is 16.3. The van der Waals surface area contributed by atoms with Gasteiger partial charge in [0.05, 0.1) is 14.2 Å². The largest absolute Gasteiger partial charge is 0.497 e. The van der Waals surface area contributed by atoms with E-state index < -0.39 is 0 Å². The maximum atomic E-state index is 12.9. The minimum absolute atomic E-state index is 0.154. The van der Waals surface area contributed by atoms with E-state index in [1.54, 1.807) is 43.9 Å². The summed E-state index contributed by atoms with van der Waals surface area (Å²) in [5, 5.41) is 8.58. The van der Waals surface area contributed by atoms with Gasteiger partial charge in [0.25, 0.3) is 11.8 Å². The summed E-state index contributed by atoms with van der Waals surface area (Å²) in [4.78, 5) is 30.2. The second kappa shape index (κ2) is 11.7. The molecule has 2 aromatic carbocycles. The van der Waals surface area contributed by atoms with Gasteiger partial charge in [-0.25, -0.2) is 4.98 Å². The highest BCUT2D eigenvalue weighted by Crippen LogP contribution is 2.27. The van der Waals surface area contributed by atoms with Crippen LogP contribution in [0, 0.1) is 0 Å². The zero-order valence-electron chi connectivity index (χ0n) is 19.8. The lowest BCUT2D eigenvalue weighted by Crippen LogP contribution is -2.53. The van der Waals surface area contributed by atoms with Crippen molar-refractivity contribution in [1.29, 1.82) is 0 Å². The third kappa shape index (κ3) is 6.30. The Bertz CT molecular complexity index is 1170. The number of rotatable bonds is 9. The van der Waals surface area contributed by atoms with Gasteiger partial charge in [0, 0.05) is 23.0 Å². The van der Waals surface area contributed by atoms with Crippen LogP contribution in [0.5, 0.6) is 17.2 Å². The first-order valence-corrected chi connectivity index (χ1v) is 12.4. The van der Waals surface area contributed by atoms with Gasteiger partial charge >= 0.3 is 0 Å². The molecule has 0 bridgehead atoms. The van der Waals surface area contributed by atoms with Crippen LogP contribution in [-0.2, 0) is 6.61 Å². The predicted octanol–water partition coefficient (Wildman–Crippen LogP) is 4.21. The molecule has 1 heterocycles. The number of nitrogens with zero attached hydrogens (tertiary/aromatic N) is 1. The van der Waals surface area contributed by atoms with E-state index in [-0.39, 0.29) is 30.5 Å². The van der Waals surface area contributed by atoms with E-state index in [0.29, 0.717) is 33.5 Å². The SMILES string of the molecule is COc1cccc(C(=O)N[C@H]2CCCC[C@@H]2NC(=O)c2csc(COc3ccccc3OC)n2)c1. The molecular weight excluding hydrogens is 466 g/mol. The van der Waals surface area contributed by atoms with Crippen LogP contribution < -0.4 is 24.8 Å². The van der Waals surface area contributed by atoms with Crippen LogP contribution in [0.15, 0.2) is 53.9 Å².